The summed E-state index contributed by atoms with van der Waals surface area (Å²) in [5.74, 6) is 1.35. The summed E-state index contributed by atoms with van der Waals surface area (Å²) in [7, 11) is 0. The molecule has 132 valence electrons. The second-order valence-corrected chi connectivity index (χ2v) is 6.31. The Morgan fingerprint density at radius 3 is 2.85 bits per heavy atom. The van der Waals surface area contributed by atoms with Crippen molar-refractivity contribution in [3.8, 4) is 0 Å². The van der Waals surface area contributed by atoms with Gasteiger partial charge in [0, 0.05) is 17.5 Å². The van der Waals surface area contributed by atoms with Gasteiger partial charge in [0.15, 0.2) is 11.7 Å². The van der Waals surface area contributed by atoms with Gasteiger partial charge in [0.25, 0.3) is 5.91 Å². The van der Waals surface area contributed by atoms with Gasteiger partial charge in [-0.2, -0.15) is 4.99 Å². The predicted molar refractivity (Wildman–Crippen MR) is 96.5 cm³/mol. The number of nitrogens with zero attached hydrogens (tertiary/aromatic N) is 3. The molecule has 4 heterocycles. The zero-order chi connectivity index (χ0) is 18.4. The molecule has 0 fully saturated rings. The number of aliphatic imine (C=N–C) groups is 1. The number of hydroxylamine groups is 2. The second kappa shape index (κ2) is 5.87. The zero-order valence-electron chi connectivity index (χ0n) is 14.7. The SMILES string of the molecule is CC1=CC2=NC(=O)C(=Cc3cc(C)n(Cc4ccco4)c3C)C(=N)N2O1. The summed E-state index contributed by atoms with van der Waals surface area (Å²) < 4.78 is 7.53. The lowest BCUT2D eigenvalue weighted by molar-refractivity contribution is -0.114. The number of nitrogens with one attached hydrogen (secondary N) is 1. The summed E-state index contributed by atoms with van der Waals surface area (Å²) in [5.41, 5.74) is 3.10. The van der Waals surface area contributed by atoms with Crippen LogP contribution in [0.1, 0.15) is 29.6 Å². The molecule has 2 aliphatic heterocycles. The topological polar surface area (TPSA) is 83.8 Å². The summed E-state index contributed by atoms with van der Waals surface area (Å²) in [6, 6.07) is 5.77. The lowest BCUT2D eigenvalue weighted by atomic mass is 10.1. The summed E-state index contributed by atoms with van der Waals surface area (Å²) in [5, 5.41) is 9.58. The lowest BCUT2D eigenvalue weighted by Crippen LogP contribution is -2.38. The quantitative estimate of drug-likeness (QED) is 0.862. The molecular formula is C19H18N4O3. The van der Waals surface area contributed by atoms with Crippen molar-refractivity contribution < 1.29 is 14.0 Å². The number of fused-ring (bicyclic) bond motifs is 1. The molecule has 7 nitrogen and oxygen atoms in total. The van der Waals surface area contributed by atoms with E-state index in [1.807, 2.05) is 32.0 Å². The van der Waals surface area contributed by atoms with E-state index >= 15 is 0 Å². The number of carbonyl (C=O) groups is 1. The number of furan rings is 1. The van der Waals surface area contributed by atoms with Crippen molar-refractivity contribution in [2.45, 2.75) is 27.3 Å². The van der Waals surface area contributed by atoms with Gasteiger partial charge in [-0.05, 0) is 50.6 Å². The van der Waals surface area contributed by atoms with Crippen molar-refractivity contribution in [1.82, 2.24) is 9.63 Å². The van der Waals surface area contributed by atoms with Gasteiger partial charge in [-0.15, -0.1) is 5.06 Å². The van der Waals surface area contributed by atoms with Gasteiger partial charge >= 0.3 is 0 Å². The molecule has 2 aromatic heterocycles. The highest BCUT2D eigenvalue weighted by molar-refractivity contribution is 6.32. The molecule has 0 spiro atoms. The van der Waals surface area contributed by atoms with Crippen LogP contribution in [0.15, 0.2) is 51.3 Å². The number of amidine groups is 2. The van der Waals surface area contributed by atoms with E-state index in [-0.39, 0.29) is 11.4 Å². The molecule has 1 amide bonds. The van der Waals surface area contributed by atoms with Crippen LogP contribution in [0.3, 0.4) is 0 Å². The van der Waals surface area contributed by atoms with Crippen LogP contribution >= 0.6 is 0 Å². The highest BCUT2D eigenvalue weighted by Crippen LogP contribution is 2.26. The molecule has 26 heavy (non-hydrogen) atoms. The Kier molecular flexibility index (Phi) is 3.64. The molecule has 0 atom stereocenters. The van der Waals surface area contributed by atoms with Gasteiger partial charge in [0.2, 0.25) is 0 Å². The minimum absolute atomic E-state index is 0.0102. The van der Waals surface area contributed by atoms with Gasteiger partial charge in [-0.25, -0.2) is 0 Å². The molecule has 2 aliphatic rings. The Morgan fingerprint density at radius 1 is 1.31 bits per heavy atom. The molecule has 1 N–H and O–H groups in total. The summed E-state index contributed by atoms with van der Waals surface area (Å²) in [6.45, 7) is 6.34. The van der Waals surface area contributed by atoms with E-state index in [1.165, 1.54) is 5.06 Å². The first kappa shape index (κ1) is 16.1. The third kappa shape index (κ3) is 2.57. The maximum absolute atomic E-state index is 12.4. The van der Waals surface area contributed by atoms with E-state index in [0.717, 1.165) is 22.7 Å². The van der Waals surface area contributed by atoms with E-state index in [4.69, 9.17) is 14.7 Å². The zero-order valence-corrected chi connectivity index (χ0v) is 14.7. The average Bonchev–Trinajstić information content (AvgIpc) is 3.28. The third-order valence-corrected chi connectivity index (χ3v) is 4.49. The molecule has 0 saturated heterocycles. The van der Waals surface area contributed by atoms with E-state index in [2.05, 4.69) is 9.56 Å². The fourth-order valence-electron chi connectivity index (χ4n) is 3.13. The maximum Gasteiger partial charge on any atom is 0.282 e. The Hall–Kier alpha value is -3.35. The van der Waals surface area contributed by atoms with Crippen LogP contribution in [0.2, 0.25) is 0 Å². The first-order chi connectivity index (χ1) is 12.4. The van der Waals surface area contributed by atoms with Gasteiger partial charge < -0.3 is 13.8 Å². The number of amides is 1. The number of rotatable bonds is 3. The van der Waals surface area contributed by atoms with Crippen LogP contribution in [-0.4, -0.2) is 27.2 Å². The van der Waals surface area contributed by atoms with Gasteiger partial charge in [-0.1, -0.05) is 0 Å². The molecule has 0 aliphatic carbocycles. The van der Waals surface area contributed by atoms with Crippen LogP contribution in [0.25, 0.3) is 6.08 Å². The molecule has 2 aromatic rings. The molecule has 0 unspecified atom stereocenters. The maximum atomic E-state index is 12.4. The Morgan fingerprint density at radius 2 is 2.12 bits per heavy atom. The number of allylic oxidation sites excluding steroid dienone is 1. The Bertz CT molecular complexity index is 1010. The van der Waals surface area contributed by atoms with Crippen molar-refractivity contribution in [2.24, 2.45) is 4.99 Å². The Labute approximate surface area is 150 Å². The molecule has 0 aromatic carbocycles. The molecule has 0 bridgehead atoms. The van der Waals surface area contributed by atoms with Gasteiger partial charge in [-0.3, -0.25) is 10.2 Å². The number of hydrogen-bond donors (Lipinski definition) is 1. The largest absolute Gasteiger partial charge is 0.467 e. The van der Waals surface area contributed by atoms with E-state index < -0.39 is 5.91 Å². The molecule has 4 rings (SSSR count). The second-order valence-electron chi connectivity index (χ2n) is 6.31. The number of aromatic nitrogens is 1. The van der Waals surface area contributed by atoms with Crippen LogP contribution in [0.5, 0.6) is 0 Å². The van der Waals surface area contributed by atoms with Crippen LogP contribution in [0.4, 0.5) is 0 Å². The summed E-state index contributed by atoms with van der Waals surface area (Å²) >= 11 is 0. The minimum atomic E-state index is -0.438. The third-order valence-electron chi connectivity index (χ3n) is 4.49. The van der Waals surface area contributed by atoms with Crippen LogP contribution < -0.4 is 0 Å². The lowest BCUT2D eigenvalue weighted by Gasteiger charge is -2.22. The Balaban J connectivity index is 1.69. The van der Waals surface area contributed by atoms with E-state index in [1.54, 1.807) is 25.3 Å². The first-order valence-corrected chi connectivity index (χ1v) is 8.23. The summed E-state index contributed by atoms with van der Waals surface area (Å²) in [6.07, 6.45) is 4.98. The van der Waals surface area contributed by atoms with Crippen molar-refractivity contribution >= 4 is 23.7 Å². The fraction of sp³-hybridized carbons (Fsp3) is 0.211. The molecule has 0 radical (unpaired) electrons. The smallest absolute Gasteiger partial charge is 0.282 e. The van der Waals surface area contributed by atoms with Crippen molar-refractivity contribution in [3.05, 3.63) is 64.6 Å². The number of aryl methyl sites for hydroxylation is 1. The first-order valence-electron chi connectivity index (χ1n) is 8.23. The fourth-order valence-corrected chi connectivity index (χ4v) is 3.13. The van der Waals surface area contributed by atoms with E-state index in [9.17, 15) is 4.79 Å². The highest BCUT2D eigenvalue weighted by atomic mass is 16.7. The normalized spacial score (nSPS) is 18.1. The van der Waals surface area contributed by atoms with Gasteiger partial charge in [0.1, 0.15) is 11.5 Å². The van der Waals surface area contributed by atoms with Crippen LogP contribution in [-0.2, 0) is 16.2 Å². The predicted octanol–water partition coefficient (Wildman–Crippen LogP) is 3.20. The molecule has 7 heteroatoms. The molecule has 0 saturated carbocycles. The standard InChI is InChI=1S/C19H18N4O3/c1-11-7-14(13(3)22(11)10-15-5-4-6-25-15)9-16-18(20)23-17(21-19(16)24)8-12(2)26-23/h4-9,20H,10H2,1-3H3. The monoisotopic (exact) mass is 350 g/mol. The highest BCUT2D eigenvalue weighted by Gasteiger charge is 2.34. The van der Waals surface area contributed by atoms with Gasteiger partial charge in [0.05, 0.1) is 18.4 Å². The average molecular weight is 350 g/mol. The summed E-state index contributed by atoms with van der Waals surface area (Å²) in [4.78, 5) is 21.9. The van der Waals surface area contributed by atoms with Crippen molar-refractivity contribution in [2.75, 3.05) is 0 Å². The van der Waals surface area contributed by atoms with E-state index in [0.29, 0.717) is 18.1 Å². The molecular weight excluding hydrogens is 332 g/mol. The van der Waals surface area contributed by atoms with Crippen molar-refractivity contribution in [1.29, 1.82) is 5.41 Å². The number of hydrogen-bond acceptors (Lipinski definition) is 4. The number of carbonyl (C=O) groups excluding carboxylic acids is 1. The van der Waals surface area contributed by atoms with Crippen molar-refractivity contribution in [3.63, 3.8) is 0 Å². The van der Waals surface area contributed by atoms with Crippen LogP contribution in [0, 0.1) is 19.3 Å². The minimum Gasteiger partial charge on any atom is -0.467 e.